The summed E-state index contributed by atoms with van der Waals surface area (Å²) in [5, 5.41) is 2.83. The van der Waals surface area contributed by atoms with Crippen molar-refractivity contribution in [3.05, 3.63) is 27.8 Å². The van der Waals surface area contributed by atoms with E-state index >= 15 is 0 Å². The van der Waals surface area contributed by atoms with Crippen LogP contribution in [0.15, 0.2) is 24.3 Å². The monoisotopic (exact) mass is 332 g/mol. The highest BCUT2D eigenvalue weighted by atomic mass is 127. The molecule has 1 unspecified atom stereocenters. The van der Waals surface area contributed by atoms with Gasteiger partial charge in [-0.3, -0.25) is 4.79 Å². The molecule has 16 heavy (non-hydrogen) atoms. The first kappa shape index (κ1) is 13.4. The molecule has 0 radical (unpaired) electrons. The van der Waals surface area contributed by atoms with Crippen LogP contribution in [0, 0.1) is 9.49 Å². The van der Waals surface area contributed by atoms with Crippen molar-refractivity contribution in [2.75, 3.05) is 5.32 Å². The van der Waals surface area contributed by atoms with E-state index in [4.69, 9.17) is 5.73 Å². The van der Waals surface area contributed by atoms with Gasteiger partial charge in [-0.1, -0.05) is 26.3 Å². The van der Waals surface area contributed by atoms with Gasteiger partial charge in [0.05, 0.1) is 6.04 Å². The first-order valence-electron chi connectivity index (χ1n) is 5.36. The Morgan fingerprint density at radius 2 is 2.25 bits per heavy atom. The van der Waals surface area contributed by atoms with Crippen LogP contribution in [0.25, 0.3) is 0 Å². The molecule has 0 saturated carbocycles. The summed E-state index contributed by atoms with van der Waals surface area (Å²) in [7, 11) is 0. The van der Waals surface area contributed by atoms with Gasteiger partial charge in [0.2, 0.25) is 5.91 Å². The lowest BCUT2D eigenvalue weighted by molar-refractivity contribution is -0.118. The minimum absolute atomic E-state index is 0.114. The molecule has 0 saturated heterocycles. The molecule has 0 aliphatic heterocycles. The zero-order chi connectivity index (χ0) is 12.1. The van der Waals surface area contributed by atoms with Crippen molar-refractivity contribution < 1.29 is 4.79 Å². The van der Waals surface area contributed by atoms with E-state index in [1.54, 1.807) is 0 Å². The van der Waals surface area contributed by atoms with Crippen molar-refractivity contribution in [1.82, 2.24) is 0 Å². The number of anilines is 1. The van der Waals surface area contributed by atoms with Crippen molar-refractivity contribution in [1.29, 1.82) is 0 Å². The molecular formula is C12H17IN2O. The summed E-state index contributed by atoms with van der Waals surface area (Å²) in [4.78, 5) is 11.8. The molecular weight excluding hydrogens is 315 g/mol. The Kier molecular flexibility index (Phi) is 5.21. The maximum Gasteiger partial charge on any atom is 0.241 e. The standard InChI is InChI=1S/C12H17IN2O/c1-3-8(2)11(14)12(16)15-10-6-4-5-9(13)7-10/h4-8,11H,3,14H2,1-2H3,(H,15,16)/t8?,11-/m0/s1. The van der Waals surface area contributed by atoms with Crippen molar-refractivity contribution in [2.24, 2.45) is 11.7 Å². The van der Waals surface area contributed by atoms with E-state index in [0.717, 1.165) is 15.7 Å². The topological polar surface area (TPSA) is 55.1 Å². The number of amides is 1. The highest BCUT2D eigenvalue weighted by molar-refractivity contribution is 14.1. The average molecular weight is 332 g/mol. The minimum atomic E-state index is -0.442. The van der Waals surface area contributed by atoms with Gasteiger partial charge in [0.1, 0.15) is 0 Å². The van der Waals surface area contributed by atoms with E-state index in [1.807, 2.05) is 38.1 Å². The molecule has 1 aromatic rings. The first-order chi connectivity index (χ1) is 7.54. The molecule has 0 bridgehead atoms. The maximum absolute atomic E-state index is 11.8. The first-order valence-corrected chi connectivity index (χ1v) is 6.44. The van der Waals surface area contributed by atoms with Gasteiger partial charge in [-0.2, -0.15) is 0 Å². The van der Waals surface area contributed by atoms with Gasteiger partial charge in [-0.15, -0.1) is 0 Å². The van der Waals surface area contributed by atoms with Crippen LogP contribution in [0.4, 0.5) is 5.69 Å². The normalized spacial score (nSPS) is 14.2. The molecule has 4 heteroatoms. The predicted molar refractivity (Wildman–Crippen MR) is 75.2 cm³/mol. The summed E-state index contributed by atoms with van der Waals surface area (Å²) in [5.74, 6) is 0.0825. The SMILES string of the molecule is CCC(C)[C@H](N)C(=O)Nc1cccc(I)c1. The fourth-order valence-corrected chi connectivity index (χ4v) is 1.85. The van der Waals surface area contributed by atoms with Crippen molar-refractivity contribution >= 4 is 34.2 Å². The van der Waals surface area contributed by atoms with Crippen LogP contribution in [-0.2, 0) is 4.79 Å². The Morgan fingerprint density at radius 3 is 2.81 bits per heavy atom. The Labute approximate surface area is 110 Å². The molecule has 2 atom stereocenters. The van der Waals surface area contributed by atoms with Crippen molar-refractivity contribution in [3.8, 4) is 0 Å². The molecule has 1 aromatic carbocycles. The number of carbonyl (C=O) groups excluding carboxylic acids is 1. The maximum atomic E-state index is 11.8. The summed E-state index contributed by atoms with van der Waals surface area (Å²) in [6.45, 7) is 4.02. The van der Waals surface area contributed by atoms with E-state index in [1.165, 1.54) is 0 Å². The van der Waals surface area contributed by atoms with E-state index in [-0.39, 0.29) is 11.8 Å². The summed E-state index contributed by atoms with van der Waals surface area (Å²) in [5.41, 5.74) is 6.64. The highest BCUT2D eigenvalue weighted by Gasteiger charge is 2.19. The van der Waals surface area contributed by atoms with E-state index in [9.17, 15) is 4.79 Å². The van der Waals surface area contributed by atoms with E-state index in [0.29, 0.717) is 0 Å². The largest absolute Gasteiger partial charge is 0.325 e. The second-order valence-electron chi connectivity index (χ2n) is 3.91. The smallest absolute Gasteiger partial charge is 0.241 e. The second kappa shape index (κ2) is 6.20. The lowest BCUT2D eigenvalue weighted by Gasteiger charge is -2.17. The molecule has 0 aliphatic carbocycles. The number of nitrogens with two attached hydrogens (primary N) is 1. The Balaban J connectivity index is 2.64. The van der Waals surface area contributed by atoms with Gasteiger partial charge < -0.3 is 11.1 Å². The highest BCUT2D eigenvalue weighted by Crippen LogP contribution is 2.14. The third kappa shape index (κ3) is 3.75. The molecule has 0 aliphatic rings. The molecule has 0 fully saturated rings. The van der Waals surface area contributed by atoms with Crippen LogP contribution in [0.1, 0.15) is 20.3 Å². The zero-order valence-corrected chi connectivity index (χ0v) is 11.7. The molecule has 0 heterocycles. The summed E-state index contributed by atoms with van der Waals surface area (Å²) in [6.07, 6.45) is 0.904. The lowest BCUT2D eigenvalue weighted by Crippen LogP contribution is -2.40. The number of carbonyl (C=O) groups is 1. The third-order valence-electron chi connectivity index (χ3n) is 2.65. The summed E-state index contributed by atoms with van der Waals surface area (Å²) < 4.78 is 1.09. The zero-order valence-electron chi connectivity index (χ0n) is 9.53. The molecule has 0 aromatic heterocycles. The molecule has 0 spiro atoms. The van der Waals surface area contributed by atoms with E-state index in [2.05, 4.69) is 27.9 Å². The third-order valence-corrected chi connectivity index (χ3v) is 3.32. The van der Waals surface area contributed by atoms with Crippen LogP contribution in [0.5, 0.6) is 0 Å². The number of rotatable bonds is 4. The fourth-order valence-electron chi connectivity index (χ4n) is 1.30. The predicted octanol–water partition coefficient (Wildman–Crippen LogP) is 2.60. The number of halogens is 1. The van der Waals surface area contributed by atoms with Crippen LogP contribution in [0.3, 0.4) is 0 Å². The van der Waals surface area contributed by atoms with Crippen molar-refractivity contribution in [2.45, 2.75) is 26.3 Å². The van der Waals surface area contributed by atoms with E-state index < -0.39 is 6.04 Å². The van der Waals surface area contributed by atoms with Crippen LogP contribution in [-0.4, -0.2) is 11.9 Å². The van der Waals surface area contributed by atoms with Gasteiger partial charge in [0.25, 0.3) is 0 Å². The van der Waals surface area contributed by atoms with Gasteiger partial charge in [-0.25, -0.2) is 0 Å². The molecule has 88 valence electrons. The Morgan fingerprint density at radius 1 is 1.56 bits per heavy atom. The second-order valence-corrected chi connectivity index (χ2v) is 5.16. The molecule has 1 rings (SSSR count). The number of benzene rings is 1. The fraction of sp³-hybridized carbons (Fsp3) is 0.417. The number of nitrogens with one attached hydrogen (secondary N) is 1. The molecule has 1 amide bonds. The summed E-state index contributed by atoms with van der Waals surface area (Å²) >= 11 is 2.21. The minimum Gasteiger partial charge on any atom is -0.325 e. The number of hydrogen-bond donors (Lipinski definition) is 2. The quantitative estimate of drug-likeness (QED) is 0.833. The van der Waals surface area contributed by atoms with Crippen LogP contribution in [0.2, 0.25) is 0 Å². The van der Waals surface area contributed by atoms with Crippen LogP contribution < -0.4 is 11.1 Å². The summed E-state index contributed by atoms with van der Waals surface area (Å²) in [6, 6.07) is 7.23. The van der Waals surface area contributed by atoms with Crippen molar-refractivity contribution in [3.63, 3.8) is 0 Å². The van der Waals surface area contributed by atoms with Gasteiger partial charge in [0, 0.05) is 9.26 Å². The Bertz CT molecular complexity index is 368. The van der Waals surface area contributed by atoms with Gasteiger partial charge in [0.15, 0.2) is 0 Å². The number of hydrogen-bond acceptors (Lipinski definition) is 2. The lowest BCUT2D eigenvalue weighted by atomic mass is 9.99. The molecule has 3 N–H and O–H groups in total. The van der Waals surface area contributed by atoms with Crippen LogP contribution >= 0.6 is 22.6 Å². The molecule has 3 nitrogen and oxygen atoms in total. The van der Waals surface area contributed by atoms with Gasteiger partial charge in [-0.05, 0) is 46.7 Å². The van der Waals surface area contributed by atoms with Gasteiger partial charge >= 0.3 is 0 Å². The Hall–Kier alpha value is -0.620. The average Bonchev–Trinajstić information content (AvgIpc) is 2.27.